The second kappa shape index (κ2) is 7.07. The zero-order valence-electron chi connectivity index (χ0n) is 13.1. The van der Waals surface area contributed by atoms with Crippen molar-refractivity contribution in [3.8, 4) is 17.6 Å². The molecule has 124 valence electrons. The SMILES string of the molecule is N#Cc1ccccc1NS(=O)(=O)c1ccc(Oc2ccccc2)cc1. The molecule has 0 radical (unpaired) electrons. The number of hydrogen-bond acceptors (Lipinski definition) is 4. The van der Waals surface area contributed by atoms with E-state index >= 15 is 0 Å². The zero-order valence-corrected chi connectivity index (χ0v) is 13.9. The van der Waals surface area contributed by atoms with Gasteiger partial charge < -0.3 is 4.74 Å². The van der Waals surface area contributed by atoms with E-state index in [-0.39, 0.29) is 16.1 Å². The van der Waals surface area contributed by atoms with Gasteiger partial charge in [0.25, 0.3) is 10.0 Å². The van der Waals surface area contributed by atoms with Crippen LogP contribution in [0.5, 0.6) is 11.5 Å². The van der Waals surface area contributed by atoms with E-state index in [2.05, 4.69) is 4.72 Å². The predicted octanol–water partition coefficient (Wildman–Crippen LogP) is 4.15. The molecule has 25 heavy (non-hydrogen) atoms. The van der Waals surface area contributed by atoms with Crippen molar-refractivity contribution >= 4 is 15.7 Å². The summed E-state index contributed by atoms with van der Waals surface area (Å²) in [5.74, 6) is 1.20. The number of ether oxygens (including phenoxy) is 1. The fourth-order valence-electron chi connectivity index (χ4n) is 2.18. The monoisotopic (exact) mass is 350 g/mol. The first-order valence-electron chi connectivity index (χ1n) is 7.43. The summed E-state index contributed by atoms with van der Waals surface area (Å²) in [5.41, 5.74) is 0.504. The maximum absolute atomic E-state index is 12.5. The molecule has 0 aromatic heterocycles. The van der Waals surface area contributed by atoms with Crippen LogP contribution in [-0.4, -0.2) is 8.42 Å². The predicted molar refractivity (Wildman–Crippen MR) is 94.9 cm³/mol. The van der Waals surface area contributed by atoms with Gasteiger partial charge in [-0.1, -0.05) is 30.3 Å². The van der Waals surface area contributed by atoms with E-state index in [0.29, 0.717) is 11.5 Å². The maximum atomic E-state index is 12.5. The van der Waals surface area contributed by atoms with Crippen molar-refractivity contribution in [2.75, 3.05) is 4.72 Å². The summed E-state index contributed by atoms with van der Waals surface area (Å²) >= 11 is 0. The summed E-state index contributed by atoms with van der Waals surface area (Å²) in [7, 11) is -3.79. The molecule has 0 atom stereocenters. The van der Waals surface area contributed by atoms with Crippen LogP contribution >= 0.6 is 0 Å². The third kappa shape index (κ3) is 3.97. The van der Waals surface area contributed by atoms with Crippen molar-refractivity contribution in [2.45, 2.75) is 4.90 Å². The largest absolute Gasteiger partial charge is 0.457 e. The summed E-state index contributed by atoms with van der Waals surface area (Å²) in [4.78, 5) is 0.0839. The first kappa shape index (κ1) is 16.6. The van der Waals surface area contributed by atoms with Gasteiger partial charge in [-0.3, -0.25) is 4.72 Å². The van der Waals surface area contributed by atoms with Gasteiger partial charge in [0.05, 0.1) is 16.1 Å². The highest BCUT2D eigenvalue weighted by atomic mass is 32.2. The number of rotatable bonds is 5. The lowest BCUT2D eigenvalue weighted by Crippen LogP contribution is -2.13. The van der Waals surface area contributed by atoms with Gasteiger partial charge in [-0.25, -0.2) is 8.42 Å². The first-order chi connectivity index (χ1) is 12.1. The average molecular weight is 350 g/mol. The lowest BCUT2D eigenvalue weighted by atomic mass is 10.2. The number of sulfonamides is 1. The molecule has 0 unspecified atom stereocenters. The van der Waals surface area contributed by atoms with Crippen LogP contribution in [0.4, 0.5) is 5.69 Å². The van der Waals surface area contributed by atoms with Crippen LogP contribution in [0.25, 0.3) is 0 Å². The molecule has 0 fully saturated rings. The number of nitrogens with one attached hydrogen (secondary N) is 1. The number of para-hydroxylation sites is 2. The number of nitriles is 1. The van der Waals surface area contributed by atoms with Crippen LogP contribution in [0.2, 0.25) is 0 Å². The molecule has 6 heteroatoms. The Morgan fingerprint density at radius 1 is 0.800 bits per heavy atom. The fourth-order valence-corrected chi connectivity index (χ4v) is 3.26. The molecular weight excluding hydrogens is 336 g/mol. The third-order valence-electron chi connectivity index (χ3n) is 3.40. The Morgan fingerprint density at radius 2 is 1.40 bits per heavy atom. The van der Waals surface area contributed by atoms with Crippen LogP contribution in [0, 0.1) is 11.3 Å². The van der Waals surface area contributed by atoms with Crippen molar-refractivity contribution in [3.63, 3.8) is 0 Å². The summed E-state index contributed by atoms with van der Waals surface area (Å²) in [6.07, 6.45) is 0. The Bertz CT molecular complexity index is 1010. The topological polar surface area (TPSA) is 79.2 Å². The quantitative estimate of drug-likeness (QED) is 0.749. The van der Waals surface area contributed by atoms with Gasteiger partial charge in [-0.2, -0.15) is 5.26 Å². The summed E-state index contributed by atoms with van der Waals surface area (Å²) < 4.78 is 33.0. The highest BCUT2D eigenvalue weighted by Crippen LogP contribution is 2.24. The highest BCUT2D eigenvalue weighted by molar-refractivity contribution is 7.92. The Hall–Kier alpha value is -3.30. The van der Waals surface area contributed by atoms with Crippen LogP contribution in [0.3, 0.4) is 0 Å². The number of hydrogen-bond donors (Lipinski definition) is 1. The molecule has 3 aromatic rings. The molecular formula is C19H14N2O3S. The van der Waals surface area contributed by atoms with E-state index in [0.717, 1.165) is 0 Å². The molecule has 0 bridgehead atoms. The van der Waals surface area contributed by atoms with Crippen LogP contribution in [-0.2, 0) is 10.0 Å². The molecule has 3 aromatic carbocycles. The zero-order chi connectivity index (χ0) is 17.7. The molecule has 0 aliphatic rings. The molecule has 0 aliphatic heterocycles. The number of anilines is 1. The summed E-state index contributed by atoms with van der Waals surface area (Å²) in [6.45, 7) is 0. The highest BCUT2D eigenvalue weighted by Gasteiger charge is 2.16. The third-order valence-corrected chi connectivity index (χ3v) is 4.79. The number of nitrogens with zero attached hydrogens (tertiary/aromatic N) is 1. The second-order valence-electron chi connectivity index (χ2n) is 5.15. The van der Waals surface area contributed by atoms with E-state index in [1.807, 2.05) is 36.4 Å². The van der Waals surface area contributed by atoms with Crippen molar-refractivity contribution < 1.29 is 13.2 Å². The minimum Gasteiger partial charge on any atom is -0.457 e. The van der Waals surface area contributed by atoms with Gasteiger partial charge in [0.15, 0.2) is 0 Å². The van der Waals surface area contributed by atoms with Gasteiger partial charge in [0.1, 0.15) is 17.6 Å². The van der Waals surface area contributed by atoms with Gasteiger partial charge in [-0.15, -0.1) is 0 Å². The Balaban J connectivity index is 1.80. The summed E-state index contributed by atoms with van der Waals surface area (Å²) in [5, 5.41) is 9.06. The minimum atomic E-state index is -3.79. The molecule has 0 aliphatic carbocycles. The van der Waals surface area contributed by atoms with Gasteiger partial charge in [-0.05, 0) is 48.5 Å². The van der Waals surface area contributed by atoms with E-state index in [4.69, 9.17) is 10.00 Å². The number of benzene rings is 3. The standard InChI is InChI=1S/C19H14N2O3S/c20-14-15-6-4-5-9-19(15)21-25(22,23)18-12-10-17(11-13-18)24-16-7-2-1-3-8-16/h1-13,21H. The van der Waals surface area contributed by atoms with Gasteiger partial charge >= 0.3 is 0 Å². The van der Waals surface area contributed by atoms with Crippen molar-refractivity contribution in [1.29, 1.82) is 5.26 Å². The molecule has 0 saturated heterocycles. The maximum Gasteiger partial charge on any atom is 0.261 e. The Kier molecular flexibility index (Phi) is 4.68. The lowest BCUT2D eigenvalue weighted by molar-refractivity contribution is 0.482. The van der Waals surface area contributed by atoms with E-state index in [9.17, 15) is 8.42 Å². The Morgan fingerprint density at radius 3 is 2.08 bits per heavy atom. The van der Waals surface area contributed by atoms with Crippen LogP contribution < -0.4 is 9.46 Å². The average Bonchev–Trinajstić information content (AvgIpc) is 2.63. The van der Waals surface area contributed by atoms with Crippen molar-refractivity contribution in [2.24, 2.45) is 0 Å². The first-order valence-corrected chi connectivity index (χ1v) is 8.92. The lowest BCUT2D eigenvalue weighted by Gasteiger charge is -2.10. The normalized spacial score (nSPS) is 10.7. The molecule has 0 spiro atoms. The van der Waals surface area contributed by atoms with Crippen LogP contribution in [0.1, 0.15) is 5.56 Å². The van der Waals surface area contributed by atoms with Crippen molar-refractivity contribution in [1.82, 2.24) is 0 Å². The molecule has 0 amide bonds. The Labute approximate surface area is 146 Å². The second-order valence-corrected chi connectivity index (χ2v) is 6.83. The molecule has 0 heterocycles. The van der Waals surface area contributed by atoms with E-state index < -0.39 is 10.0 Å². The van der Waals surface area contributed by atoms with Crippen LogP contribution in [0.15, 0.2) is 83.8 Å². The minimum absolute atomic E-state index is 0.0839. The smallest absolute Gasteiger partial charge is 0.261 e. The van der Waals surface area contributed by atoms with E-state index in [1.54, 1.807) is 36.4 Å². The molecule has 0 saturated carbocycles. The van der Waals surface area contributed by atoms with E-state index in [1.165, 1.54) is 12.1 Å². The molecule has 3 rings (SSSR count). The van der Waals surface area contributed by atoms with Gasteiger partial charge in [0.2, 0.25) is 0 Å². The summed E-state index contributed by atoms with van der Waals surface area (Å²) in [6, 6.07) is 23.7. The van der Waals surface area contributed by atoms with Gasteiger partial charge in [0, 0.05) is 0 Å². The van der Waals surface area contributed by atoms with Crippen molar-refractivity contribution in [3.05, 3.63) is 84.4 Å². The fraction of sp³-hybridized carbons (Fsp3) is 0. The molecule has 5 nitrogen and oxygen atoms in total. The molecule has 1 N–H and O–H groups in total.